The summed E-state index contributed by atoms with van der Waals surface area (Å²) in [5.74, 6) is -0.987. The Morgan fingerprint density at radius 2 is 1.95 bits per heavy atom. The first kappa shape index (κ1) is 16.9. The summed E-state index contributed by atoms with van der Waals surface area (Å²) in [7, 11) is -3.74. The molecule has 0 atom stereocenters. The smallest absolute Gasteiger partial charge is 0.311 e. The molecule has 0 radical (unpaired) electrons. The third kappa shape index (κ3) is 3.48. The number of hydrogen-bond donors (Lipinski definition) is 2. The summed E-state index contributed by atoms with van der Waals surface area (Å²) in [6.45, 7) is 4.07. The zero-order valence-electron chi connectivity index (χ0n) is 12.8. The molecule has 0 bridgehead atoms. The highest BCUT2D eigenvalue weighted by Crippen LogP contribution is 2.30. The van der Waals surface area contributed by atoms with Crippen molar-refractivity contribution in [2.75, 3.05) is 19.8 Å². The van der Waals surface area contributed by atoms with Gasteiger partial charge in [0.05, 0.1) is 10.3 Å². The number of sulfonamides is 1. The van der Waals surface area contributed by atoms with Crippen molar-refractivity contribution < 1.29 is 23.1 Å². The van der Waals surface area contributed by atoms with Gasteiger partial charge in [0.1, 0.15) is 0 Å². The fourth-order valence-corrected chi connectivity index (χ4v) is 3.99. The lowest BCUT2D eigenvalue weighted by atomic mass is 9.80. The lowest BCUT2D eigenvalue weighted by molar-refractivity contribution is -0.154. The van der Waals surface area contributed by atoms with Gasteiger partial charge in [-0.25, -0.2) is 13.1 Å². The maximum absolute atomic E-state index is 12.5. The molecule has 1 saturated heterocycles. The minimum absolute atomic E-state index is 0.124. The average Bonchev–Trinajstić information content (AvgIpc) is 2.48. The first-order valence-electron chi connectivity index (χ1n) is 7.15. The second kappa shape index (κ2) is 6.36. The maximum Gasteiger partial charge on any atom is 0.311 e. The Balaban J connectivity index is 2.21. The third-order valence-corrected chi connectivity index (χ3v) is 5.68. The molecule has 122 valence electrons. The summed E-state index contributed by atoms with van der Waals surface area (Å²) in [6.07, 6.45) is 0.606. The van der Waals surface area contributed by atoms with Crippen LogP contribution in [-0.4, -0.2) is 39.3 Å². The van der Waals surface area contributed by atoms with Gasteiger partial charge in [0.15, 0.2) is 0 Å². The van der Waals surface area contributed by atoms with Crippen molar-refractivity contribution in [1.82, 2.24) is 4.72 Å². The van der Waals surface area contributed by atoms with E-state index >= 15 is 0 Å². The van der Waals surface area contributed by atoms with Crippen LogP contribution in [0, 0.1) is 19.3 Å². The lowest BCUT2D eigenvalue weighted by Crippen LogP contribution is -2.46. The molecule has 2 rings (SSSR count). The minimum atomic E-state index is -3.74. The number of aliphatic carboxylic acids is 1. The van der Waals surface area contributed by atoms with Crippen molar-refractivity contribution in [2.24, 2.45) is 5.41 Å². The molecular weight excluding hydrogens is 306 g/mol. The van der Waals surface area contributed by atoms with Crippen molar-refractivity contribution in [3.63, 3.8) is 0 Å². The van der Waals surface area contributed by atoms with Crippen molar-refractivity contribution in [1.29, 1.82) is 0 Å². The normalized spacial score (nSPS) is 18.1. The van der Waals surface area contributed by atoms with Crippen LogP contribution in [0.15, 0.2) is 23.1 Å². The van der Waals surface area contributed by atoms with E-state index in [0.717, 1.165) is 5.56 Å². The lowest BCUT2D eigenvalue weighted by Gasteiger charge is -2.33. The first-order chi connectivity index (χ1) is 10.3. The van der Waals surface area contributed by atoms with Crippen molar-refractivity contribution in [3.8, 4) is 0 Å². The molecular formula is C15H21NO5S. The van der Waals surface area contributed by atoms with E-state index in [1.165, 1.54) is 0 Å². The number of carboxylic acids is 1. The number of aryl methyl sites for hydroxylation is 2. The number of hydrogen-bond acceptors (Lipinski definition) is 4. The predicted octanol–water partition coefficient (Wildman–Crippen LogP) is 1.46. The third-order valence-electron chi connectivity index (χ3n) is 4.14. The van der Waals surface area contributed by atoms with Crippen LogP contribution in [0.2, 0.25) is 0 Å². The predicted molar refractivity (Wildman–Crippen MR) is 81.2 cm³/mol. The van der Waals surface area contributed by atoms with Gasteiger partial charge in [-0.2, -0.15) is 0 Å². The zero-order valence-corrected chi connectivity index (χ0v) is 13.6. The Morgan fingerprint density at radius 3 is 2.55 bits per heavy atom. The molecule has 6 nitrogen and oxygen atoms in total. The van der Waals surface area contributed by atoms with E-state index in [1.54, 1.807) is 19.1 Å². The molecule has 1 fully saturated rings. The van der Waals surface area contributed by atoms with Gasteiger partial charge in [-0.15, -0.1) is 0 Å². The molecule has 0 spiro atoms. The largest absolute Gasteiger partial charge is 0.481 e. The molecule has 1 aromatic carbocycles. The van der Waals surface area contributed by atoms with Crippen LogP contribution in [0.5, 0.6) is 0 Å². The first-order valence-corrected chi connectivity index (χ1v) is 8.63. The molecule has 1 aromatic rings. The van der Waals surface area contributed by atoms with Crippen LogP contribution in [-0.2, 0) is 19.6 Å². The molecule has 0 aromatic heterocycles. The molecule has 1 aliphatic rings. The molecule has 1 aliphatic heterocycles. The monoisotopic (exact) mass is 327 g/mol. The zero-order chi connectivity index (χ0) is 16.4. The molecule has 7 heteroatoms. The molecule has 0 unspecified atom stereocenters. The molecule has 1 heterocycles. The second-order valence-corrected chi connectivity index (χ2v) is 7.53. The Hall–Kier alpha value is -1.44. The Kier molecular flexibility index (Phi) is 4.89. The second-order valence-electron chi connectivity index (χ2n) is 5.79. The Bertz CT molecular complexity index is 663. The van der Waals surface area contributed by atoms with Crippen LogP contribution >= 0.6 is 0 Å². The number of carboxylic acid groups (broad SMARTS) is 1. The number of ether oxygens (including phenoxy) is 1. The Morgan fingerprint density at radius 1 is 1.32 bits per heavy atom. The van der Waals surface area contributed by atoms with Gasteiger partial charge in [-0.3, -0.25) is 4.79 Å². The van der Waals surface area contributed by atoms with Crippen LogP contribution in [0.4, 0.5) is 0 Å². The fourth-order valence-electron chi connectivity index (χ4n) is 2.54. The molecule has 0 amide bonds. The molecule has 0 aliphatic carbocycles. The van der Waals surface area contributed by atoms with Crippen molar-refractivity contribution >= 4 is 16.0 Å². The highest BCUT2D eigenvalue weighted by molar-refractivity contribution is 7.89. The van der Waals surface area contributed by atoms with Gasteiger partial charge in [-0.1, -0.05) is 12.1 Å². The van der Waals surface area contributed by atoms with Crippen molar-refractivity contribution in [2.45, 2.75) is 31.6 Å². The molecule has 2 N–H and O–H groups in total. The summed E-state index contributed by atoms with van der Waals surface area (Å²) in [5, 5.41) is 9.46. The highest BCUT2D eigenvalue weighted by Gasteiger charge is 2.41. The van der Waals surface area contributed by atoms with E-state index in [2.05, 4.69) is 4.72 Å². The summed E-state index contributed by atoms with van der Waals surface area (Å²) in [4.78, 5) is 11.8. The number of rotatable bonds is 5. The summed E-state index contributed by atoms with van der Waals surface area (Å²) >= 11 is 0. The van der Waals surface area contributed by atoms with Crippen LogP contribution in [0.25, 0.3) is 0 Å². The summed E-state index contributed by atoms with van der Waals surface area (Å²) < 4.78 is 32.6. The van der Waals surface area contributed by atoms with E-state index in [0.29, 0.717) is 31.6 Å². The van der Waals surface area contributed by atoms with Gasteiger partial charge in [-0.05, 0) is 43.9 Å². The topological polar surface area (TPSA) is 92.7 Å². The quantitative estimate of drug-likeness (QED) is 0.854. The summed E-state index contributed by atoms with van der Waals surface area (Å²) in [5.41, 5.74) is 0.378. The molecule has 0 saturated carbocycles. The minimum Gasteiger partial charge on any atom is -0.481 e. The van der Waals surface area contributed by atoms with Gasteiger partial charge in [0.25, 0.3) is 0 Å². The van der Waals surface area contributed by atoms with Gasteiger partial charge < -0.3 is 9.84 Å². The summed E-state index contributed by atoms with van der Waals surface area (Å²) in [6, 6.07) is 5.17. The number of nitrogens with one attached hydrogen (secondary N) is 1. The molecule has 22 heavy (non-hydrogen) atoms. The van der Waals surface area contributed by atoms with Crippen LogP contribution < -0.4 is 4.72 Å². The standard InChI is InChI=1S/C15H21NO5S/c1-11-3-4-12(2)13(9-11)22(19,20)16-10-15(14(17)18)5-7-21-8-6-15/h3-4,9,16H,5-8,10H2,1-2H3,(H,17,18). The number of carbonyl (C=O) groups is 1. The van der Waals surface area contributed by atoms with E-state index < -0.39 is 21.4 Å². The average molecular weight is 327 g/mol. The van der Waals surface area contributed by atoms with E-state index in [4.69, 9.17) is 4.74 Å². The fraction of sp³-hybridized carbons (Fsp3) is 0.533. The Labute approximate surface area is 130 Å². The van der Waals surface area contributed by atoms with E-state index in [1.807, 2.05) is 13.0 Å². The number of benzene rings is 1. The highest BCUT2D eigenvalue weighted by atomic mass is 32.2. The van der Waals surface area contributed by atoms with Gasteiger partial charge in [0.2, 0.25) is 10.0 Å². The van der Waals surface area contributed by atoms with Gasteiger partial charge >= 0.3 is 5.97 Å². The van der Waals surface area contributed by atoms with Crippen molar-refractivity contribution in [3.05, 3.63) is 29.3 Å². The maximum atomic E-state index is 12.5. The van der Waals surface area contributed by atoms with Crippen LogP contribution in [0.1, 0.15) is 24.0 Å². The van der Waals surface area contributed by atoms with E-state index in [-0.39, 0.29) is 11.4 Å². The SMILES string of the molecule is Cc1ccc(C)c(S(=O)(=O)NCC2(C(=O)O)CCOCC2)c1. The van der Waals surface area contributed by atoms with Gasteiger partial charge in [0, 0.05) is 19.8 Å². The van der Waals surface area contributed by atoms with E-state index in [9.17, 15) is 18.3 Å². The van der Waals surface area contributed by atoms with Crippen LogP contribution in [0.3, 0.4) is 0 Å².